The van der Waals surface area contributed by atoms with Gasteiger partial charge in [0.15, 0.2) is 0 Å². The lowest BCUT2D eigenvalue weighted by Gasteiger charge is -2.31. The van der Waals surface area contributed by atoms with Crippen molar-refractivity contribution in [1.82, 2.24) is 10.2 Å². The van der Waals surface area contributed by atoms with Crippen molar-refractivity contribution in [3.63, 3.8) is 0 Å². The highest BCUT2D eigenvalue weighted by molar-refractivity contribution is 7.99. The van der Waals surface area contributed by atoms with E-state index in [1.165, 1.54) is 0 Å². The van der Waals surface area contributed by atoms with Crippen LogP contribution in [0.2, 0.25) is 0 Å². The predicted molar refractivity (Wildman–Crippen MR) is 127 cm³/mol. The minimum Gasteiger partial charge on any atom is -0.497 e. The lowest BCUT2D eigenvalue weighted by Crippen LogP contribution is -2.49. The number of hydrogen-bond donors (Lipinski definition) is 1. The highest BCUT2D eigenvalue weighted by Gasteiger charge is 2.28. The smallest absolute Gasteiger partial charge is 0.242 e. The standard InChI is InChI=1S/C25H34N2O3S/c1-5-23(25(29)26-17-19(2)3)27(18-20-10-9-11-21(16-20)30-4)24(28)14-15-31-22-12-7-6-8-13-22/h6-13,16,19,23H,5,14-15,17-18H2,1-4H3,(H,26,29)/t23-/m1/s1. The van der Waals surface area contributed by atoms with Gasteiger partial charge in [-0.25, -0.2) is 0 Å². The monoisotopic (exact) mass is 442 g/mol. The summed E-state index contributed by atoms with van der Waals surface area (Å²) in [6.07, 6.45) is 0.933. The first-order valence-electron chi connectivity index (χ1n) is 10.8. The van der Waals surface area contributed by atoms with E-state index in [1.54, 1.807) is 23.8 Å². The zero-order chi connectivity index (χ0) is 22.6. The van der Waals surface area contributed by atoms with Gasteiger partial charge in [0.05, 0.1) is 7.11 Å². The fourth-order valence-electron chi connectivity index (χ4n) is 3.23. The van der Waals surface area contributed by atoms with Crippen LogP contribution in [-0.2, 0) is 16.1 Å². The van der Waals surface area contributed by atoms with Gasteiger partial charge >= 0.3 is 0 Å². The van der Waals surface area contributed by atoms with Crippen molar-refractivity contribution in [2.45, 2.75) is 51.1 Å². The van der Waals surface area contributed by atoms with Gasteiger partial charge < -0.3 is 15.0 Å². The first-order valence-corrected chi connectivity index (χ1v) is 11.8. The molecule has 168 valence electrons. The highest BCUT2D eigenvalue weighted by Crippen LogP contribution is 2.21. The Morgan fingerprint density at radius 1 is 1.10 bits per heavy atom. The average molecular weight is 443 g/mol. The largest absolute Gasteiger partial charge is 0.497 e. The lowest BCUT2D eigenvalue weighted by molar-refractivity contribution is -0.141. The minimum atomic E-state index is -0.501. The molecule has 0 spiro atoms. The molecular weight excluding hydrogens is 408 g/mol. The summed E-state index contributed by atoms with van der Waals surface area (Å²) in [6, 6.07) is 17.2. The molecule has 0 aliphatic carbocycles. The van der Waals surface area contributed by atoms with Crippen molar-refractivity contribution >= 4 is 23.6 Å². The van der Waals surface area contributed by atoms with Crippen LogP contribution in [0.4, 0.5) is 0 Å². The van der Waals surface area contributed by atoms with E-state index < -0.39 is 6.04 Å². The number of methoxy groups -OCH3 is 1. The summed E-state index contributed by atoms with van der Waals surface area (Å²) in [5.41, 5.74) is 0.943. The molecule has 0 bridgehead atoms. The zero-order valence-corrected chi connectivity index (χ0v) is 19.8. The molecule has 0 saturated heterocycles. The Balaban J connectivity index is 2.14. The SMILES string of the molecule is CC[C@H](C(=O)NCC(C)C)N(Cc1cccc(OC)c1)C(=O)CCSc1ccccc1. The number of carbonyl (C=O) groups is 2. The Labute approximate surface area is 190 Å². The second kappa shape index (κ2) is 13.1. The third-order valence-corrected chi connectivity index (χ3v) is 5.90. The summed E-state index contributed by atoms with van der Waals surface area (Å²) < 4.78 is 5.32. The first kappa shape index (κ1) is 24.8. The van der Waals surface area contributed by atoms with Crippen LogP contribution in [0.5, 0.6) is 5.75 Å². The van der Waals surface area contributed by atoms with Crippen LogP contribution in [0.1, 0.15) is 39.2 Å². The second-order valence-corrected chi connectivity index (χ2v) is 9.02. The molecule has 31 heavy (non-hydrogen) atoms. The maximum Gasteiger partial charge on any atom is 0.242 e. The van der Waals surface area contributed by atoms with Crippen molar-refractivity contribution in [3.8, 4) is 5.75 Å². The zero-order valence-electron chi connectivity index (χ0n) is 19.0. The molecule has 0 aromatic heterocycles. The number of hydrogen-bond acceptors (Lipinski definition) is 4. The number of benzene rings is 2. The molecule has 2 aromatic carbocycles. The molecule has 2 aromatic rings. The number of nitrogens with zero attached hydrogens (tertiary/aromatic N) is 1. The Morgan fingerprint density at radius 2 is 1.84 bits per heavy atom. The Hall–Kier alpha value is -2.47. The quantitative estimate of drug-likeness (QED) is 0.482. The fraction of sp³-hybridized carbons (Fsp3) is 0.440. The van der Waals surface area contributed by atoms with E-state index in [0.717, 1.165) is 16.2 Å². The number of amides is 2. The summed E-state index contributed by atoms with van der Waals surface area (Å²) in [5.74, 6) is 1.65. The number of ether oxygens (including phenoxy) is 1. The molecule has 0 heterocycles. The van der Waals surface area contributed by atoms with Crippen molar-refractivity contribution in [1.29, 1.82) is 0 Å². The summed E-state index contributed by atoms with van der Waals surface area (Å²) in [7, 11) is 1.62. The van der Waals surface area contributed by atoms with Gasteiger partial charge in [0, 0.05) is 30.2 Å². The number of thioether (sulfide) groups is 1. The van der Waals surface area contributed by atoms with Crippen LogP contribution in [0, 0.1) is 5.92 Å². The predicted octanol–water partition coefficient (Wildman–Crippen LogP) is 4.76. The molecule has 1 atom stereocenters. The van der Waals surface area contributed by atoms with Crippen LogP contribution < -0.4 is 10.1 Å². The van der Waals surface area contributed by atoms with Crippen LogP contribution in [0.15, 0.2) is 59.5 Å². The van der Waals surface area contributed by atoms with Gasteiger partial charge in [-0.2, -0.15) is 0 Å². The van der Waals surface area contributed by atoms with Gasteiger partial charge in [0.2, 0.25) is 11.8 Å². The molecule has 0 saturated carbocycles. The number of carbonyl (C=O) groups excluding carboxylic acids is 2. The van der Waals surface area contributed by atoms with Crippen molar-refractivity contribution in [2.75, 3.05) is 19.4 Å². The van der Waals surface area contributed by atoms with Crippen LogP contribution in [0.25, 0.3) is 0 Å². The number of rotatable bonds is 12. The molecule has 6 heteroatoms. The van der Waals surface area contributed by atoms with Crippen molar-refractivity contribution in [2.24, 2.45) is 5.92 Å². The Morgan fingerprint density at radius 3 is 2.48 bits per heavy atom. The van der Waals surface area contributed by atoms with E-state index in [2.05, 4.69) is 19.2 Å². The molecule has 2 amide bonds. The second-order valence-electron chi connectivity index (χ2n) is 7.85. The fourth-order valence-corrected chi connectivity index (χ4v) is 4.09. The van der Waals surface area contributed by atoms with E-state index in [1.807, 2.05) is 61.5 Å². The normalized spacial score (nSPS) is 11.8. The summed E-state index contributed by atoms with van der Waals surface area (Å²) in [6.45, 7) is 7.03. The third kappa shape index (κ3) is 8.29. The molecule has 5 nitrogen and oxygen atoms in total. The molecule has 0 fully saturated rings. The molecule has 0 unspecified atom stereocenters. The Bertz CT molecular complexity index is 827. The van der Waals surface area contributed by atoms with Crippen LogP contribution in [0.3, 0.4) is 0 Å². The molecule has 0 aliphatic heterocycles. The average Bonchev–Trinajstić information content (AvgIpc) is 2.78. The lowest BCUT2D eigenvalue weighted by atomic mass is 10.1. The Kier molecular flexibility index (Phi) is 10.4. The van der Waals surface area contributed by atoms with Gasteiger partial charge in [-0.1, -0.05) is 51.1 Å². The third-order valence-electron chi connectivity index (χ3n) is 4.89. The maximum atomic E-state index is 13.2. The molecule has 0 radical (unpaired) electrons. The van der Waals surface area contributed by atoms with Crippen molar-refractivity contribution < 1.29 is 14.3 Å². The van der Waals surface area contributed by atoms with E-state index in [4.69, 9.17) is 4.74 Å². The van der Waals surface area contributed by atoms with Gasteiger partial charge in [-0.15, -0.1) is 11.8 Å². The van der Waals surface area contributed by atoms with E-state index in [0.29, 0.717) is 37.6 Å². The molecular formula is C25H34N2O3S. The van der Waals surface area contributed by atoms with Gasteiger partial charge in [-0.05, 0) is 42.2 Å². The molecule has 2 rings (SSSR count). The van der Waals surface area contributed by atoms with Gasteiger partial charge in [0.1, 0.15) is 11.8 Å². The summed E-state index contributed by atoms with van der Waals surface area (Å²) in [4.78, 5) is 29.0. The van der Waals surface area contributed by atoms with Crippen LogP contribution in [-0.4, -0.2) is 42.2 Å². The number of nitrogens with one attached hydrogen (secondary N) is 1. The van der Waals surface area contributed by atoms with E-state index in [-0.39, 0.29) is 11.8 Å². The maximum absolute atomic E-state index is 13.2. The van der Waals surface area contributed by atoms with E-state index in [9.17, 15) is 9.59 Å². The van der Waals surface area contributed by atoms with Gasteiger partial charge in [0.25, 0.3) is 0 Å². The highest BCUT2D eigenvalue weighted by atomic mass is 32.2. The van der Waals surface area contributed by atoms with E-state index >= 15 is 0 Å². The topological polar surface area (TPSA) is 58.6 Å². The summed E-state index contributed by atoms with van der Waals surface area (Å²) >= 11 is 1.65. The molecule has 1 N–H and O–H groups in total. The van der Waals surface area contributed by atoms with Gasteiger partial charge in [-0.3, -0.25) is 9.59 Å². The minimum absolute atomic E-state index is 0.0159. The molecule has 0 aliphatic rings. The first-order chi connectivity index (χ1) is 14.9. The van der Waals surface area contributed by atoms with Crippen molar-refractivity contribution in [3.05, 3.63) is 60.2 Å². The van der Waals surface area contributed by atoms with Crippen LogP contribution >= 0.6 is 11.8 Å². The summed E-state index contributed by atoms with van der Waals surface area (Å²) in [5, 5.41) is 3.00.